The standard InChI is InChI=1S/C15H21ClN2O2/c1-17-14(19)4-3-6-18(2)10-12-9-13(16)8-11-5-7-20-15(11)12/h8-9H,3-7,10H2,1-2H3,(H,17,19). The average Bonchev–Trinajstić information content (AvgIpc) is 2.86. The summed E-state index contributed by atoms with van der Waals surface area (Å²) in [6.07, 6.45) is 2.34. The van der Waals surface area contributed by atoms with Gasteiger partial charge in [0, 0.05) is 37.0 Å². The Labute approximate surface area is 125 Å². The molecule has 2 rings (SSSR count). The molecule has 4 nitrogen and oxygen atoms in total. The van der Waals surface area contributed by atoms with Gasteiger partial charge in [-0.15, -0.1) is 0 Å². The summed E-state index contributed by atoms with van der Waals surface area (Å²) in [7, 11) is 3.71. The molecule has 1 aromatic rings. The third kappa shape index (κ3) is 3.87. The first-order valence-corrected chi connectivity index (χ1v) is 7.31. The second-order valence-electron chi connectivity index (χ2n) is 5.17. The van der Waals surface area contributed by atoms with E-state index in [0.29, 0.717) is 6.42 Å². The lowest BCUT2D eigenvalue weighted by Gasteiger charge is -2.18. The molecule has 0 aromatic heterocycles. The van der Waals surface area contributed by atoms with E-state index >= 15 is 0 Å². The number of hydrogen-bond acceptors (Lipinski definition) is 3. The van der Waals surface area contributed by atoms with Gasteiger partial charge in [-0.25, -0.2) is 0 Å². The van der Waals surface area contributed by atoms with Gasteiger partial charge in [0.15, 0.2) is 0 Å². The fourth-order valence-corrected chi connectivity index (χ4v) is 2.73. The minimum atomic E-state index is 0.0883. The van der Waals surface area contributed by atoms with Crippen LogP contribution in [0.25, 0.3) is 0 Å². The zero-order chi connectivity index (χ0) is 14.5. The van der Waals surface area contributed by atoms with E-state index in [1.54, 1.807) is 7.05 Å². The lowest BCUT2D eigenvalue weighted by atomic mass is 10.1. The molecule has 110 valence electrons. The van der Waals surface area contributed by atoms with Gasteiger partial charge in [0.1, 0.15) is 5.75 Å². The highest BCUT2D eigenvalue weighted by atomic mass is 35.5. The minimum Gasteiger partial charge on any atom is -0.493 e. The number of benzene rings is 1. The first-order chi connectivity index (χ1) is 9.60. The largest absolute Gasteiger partial charge is 0.493 e. The predicted molar refractivity (Wildman–Crippen MR) is 80.3 cm³/mol. The summed E-state index contributed by atoms with van der Waals surface area (Å²) in [4.78, 5) is 13.4. The molecular formula is C15H21ClN2O2. The van der Waals surface area contributed by atoms with Crippen molar-refractivity contribution in [2.75, 3.05) is 27.2 Å². The predicted octanol–water partition coefficient (Wildman–Crippen LogP) is 2.23. The molecule has 5 heteroatoms. The van der Waals surface area contributed by atoms with E-state index in [1.165, 1.54) is 5.56 Å². The van der Waals surface area contributed by atoms with Gasteiger partial charge >= 0.3 is 0 Å². The number of fused-ring (bicyclic) bond motifs is 1. The van der Waals surface area contributed by atoms with E-state index < -0.39 is 0 Å². The van der Waals surface area contributed by atoms with E-state index in [1.807, 2.05) is 19.2 Å². The van der Waals surface area contributed by atoms with E-state index in [2.05, 4.69) is 10.2 Å². The molecule has 0 atom stereocenters. The zero-order valence-corrected chi connectivity index (χ0v) is 12.8. The number of rotatable bonds is 6. The average molecular weight is 297 g/mol. The first-order valence-electron chi connectivity index (χ1n) is 6.93. The smallest absolute Gasteiger partial charge is 0.219 e. The Bertz CT molecular complexity index is 491. The number of hydrogen-bond donors (Lipinski definition) is 1. The Morgan fingerprint density at radius 3 is 3.05 bits per heavy atom. The van der Waals surface area contributed by atoms with Crippen LogP contribution < -0.4 is 10.1 Å². The van der Waals surface area contributed by atoms with Gasteiger partial charge in [-0.3, -0.25) is 4.79 Å². The van der Waals surface area contributed by atoms with E-state index in [0.717, 1.165) is 48.9 Å². The van der Waals surface area contributed by atoms with Gasteiger partial charge < -0.3 is 15.0 Å². The highest BCUT2D eigenvalue weighted by molar-refractivity contribution is 6.30. The normalized spacial score (nSPS) is 13.2. The number of nitrogens with zero attached hydrogens (tertiary/aromatic N) is 1. The van der Waals surface area contributed by atoms with Crippen LogP contribution in [-0.4, -0.2) is 38.1 Å². The van der Waals surface area contributed by atoms with Crippen LogP contribution in [0.5, 0.6) is 5.75 Å². The maximum Gasteiger partial charge on any atom is 0.219 e. The van der Waals surface area contributed by atoms with Crippen LogP contribution in [0, 0.1) is 0 Å². The van der Waals surface area contributed by atoms with Crippen molar-refractivity contribution in [2.24, 2.45) is 0 Å². The third-order valence-corrected chi connectivity index (χ3v) is 3.71. The van der Waals surface area contributed by atoms with Crippen LogP contribution in [0.15, 0.2) is 12.1 Å². The van der Waals surface area contributed by atoms with E-state index in [-0.39, 0.29) is 5.91 Å². The summed E-state index contributed by atoms with van der Waals surface area (Å²) in [5.74, 6) is 1.08. The van der Waals surface area contributed by atoms with Crippen LogP contribution in [0.3, 0.4) is 0 Å². The fourth-order valence-electron chi connectivity index (χ4n) is 2.47. The fraction of sp³-hybridized carbons (Fsp3) is 0.533. The van der Waals surface area contributed by atoms with Crippen LogP contribution in [0.2, 0.25) is 5.02 Å². The quantitative estimate of drug-likeness (QED) is 0.875. The van der Waals surface area contributed by atoms with Gasteiger partial charge in [0.2, 0.25) is 5.91 Å². The minimum absolute atomic E-state index is 0.0883. The molecule has 20 heavy (non-hydrogen) atoms. The first kappa shape index (κ1) is 15.1. The molecule has 0 saturated heterocycles. The molecule has 0 unspecified atom stereocenters. The highest BCUT2D eigenvalue weighted by Gasteiger charge is 2.18. The second-order valence-corrected chi connectivity index (χ2v) is 5.60. The lowest BCUT2D eigenvalue weighted by Crippen LogP contribution is -2.23. The molecule has 0 fully saturated rings. The molecule has 0 saturated carbocycles. The van der Waals surface area contributed by atoms with Crippen molar-refractivity contribution in [3.05, 3.63) is 28.3 Å². The number of nitrogens with one attached hydrogen (secondary N) is 1. The SMILES string of the molecule is CNC(=O)CCCN(C)Cc1cc(Cl)cc2c1OCC2. The van der Waals surface area contributed by atoms with Gasteiger partial charge in [-0.1, -0.05) is 11.6 Å². The van der Waals surface area contributed by atoms with Gasteiger partial charge in [-0.2, -0.15) is 0 Å². The number of halogens is 1. The van der Waals surface area contributed by atoms with Crippen molar-refractivity contribution >= 4 is 17.5 Å². The maximum atomic E-state index is 11.2. The van der Waals surface area contributed by atoms with Gasteiger partial charge in [-0.05, 0) is 37.7 Å². The Kier molecular flexibility index (Phi) is 5.26. The summed E-state index contributed by atoms with van der Waals surface area (Å²) in [6.45, 7) is 2.40. The maximum absolute atomic E-state index is 11.2. The molecule has 1 heterocycles. The molecule has 1 aliphatic heterocycles. The summed E-state index contributed by atoms with van der Waals surface area (Å²) in [5.41, 5.74) is 2.33. The third-order valence-electron chi connectivity index (χ3n) is 3.49. The molecule has 1 amide bonds. The molecule has 1 aliphatic rings. The molecule has 0 aliphatic carbocycles. The van der Waals surface area contributed by atoms with Crippen molar-refractivity contribution in [1.29, 1.82) is 0 Å². The summed E-state index contributed by atoms with van der Waals surface area (Å²) >= 11 is 6.15. The number of amides is 1. The van der Waals surface area contributed by atoms with Crippen LogP contribution in [0.4, 0.5) is 0 Å². The number of carbonyl (C=O) groups excluding carboxylic acids is 1. The second kappa shape index (κ2) is 6.95. The summed E-state index contributed by atoms with van der Waals surface area (Å²) < 4.78 is 5.70. The summed E-state index contributed by atoms with van der Waals surface area (Å²) in [6, 6.07) is 3.96. The molecule has 1 N–H and O–H groups in total. The zero-order valence-electron chi connectivity index (χ0n) is 12.0. The molecule has 0 bridgehead atoms. The monoisotopic (exact) mass is 296 g/mol. The molecule has 0 spiro atoms. The van der Waals surface area contributed by atoms with Gasteiger partial charge in [0.25, 0.3) is 0 Å². The molecular weight excluding hydrogens is 276 g/mol. The number of ether oxygens (including phenoxy) is 1. The topological polar surface area (TPSA) is 41.6 Å². The highest BCUT2D eigenvalue weighted by Crippen LogP contribution is 2.33. The Balaban J connectivity index is 1.91. The Hall–Kier alpha value is -1.26. The van der Waals surface area contributed by atoms with Crippen molar-refractivity contribution in [3.8, 4) is 5.75 Å². The van der Waals surface area contributed by atoms with Crippen LogP contribution >= 0.6 is 11.6 Å². The van der Waals surface area contributed by atoms with E-state index in [9.17, 15) is 4.79 Å². The lowest BCUT2D eigenvalue weighted by molar-refractivity contribution is -0.120. The Morgan fingerprint density at radius 2 is 2.30 bits per heavy atom. The van der Waals surface area contributed by atoms with Crippen molar-refractivity contribution in [3.63, 3.8) is 0 Å². The van der Waals surface area contributed by atoms with Crippen molar-refractivity contribution < 1.29 is 9.53 Å². The van der Waals surface area contributed by atoms with Crippen LogP contribution in [0.1, 0.15) is 24.0 Å². The molecule has 1 aromatic carbocycles. The van der Waals surface area contributed by atoms with Crippen LogP contribution in [-0.2, 0) is 17.8 Å². The Morgan fingerprint density at radius 1 is 1.50 bits per heavy atom. The summed E-state index contributed by atoms with van der Waals surface area (Å²) in [5, 5.41) is 3.40. The van der Waals surface area contributed by atoms with Crippen molar-refractivity contribution in [1.82, 2.24) is 10.2 Å². The molecule has 0 radical (unpaired) electrons. The van der Waals surface area contributed by atoms with Crippen molar-refractivity contribution in [2.45, 2.75) is 25.8 Å². The number of carbonyl (C=O) groups is 1. The van der Waals surface area contributed by atoms with Gasteiger partial charge in [0.05, 0.1) is 6.61 Å². The van der Waals surface area contributed by atoms with E-state index in [4.69, 9.17) is 16.3 Å².